The van der Waals surface area contributed by atoms with E-state index in [0.717, 1.165) is 5.56 Å². The number of nitrogens with one attached hydrogen (secondary N) is 1. The summed E-state index contributed by atoms with van der Waals surface area (Å²) >= 11 is 0. The van der Waals surface area contributed by atoms with Gasteiger partial charge < -0.3 is 9.72 Å². The Morgan fingerprint density at radius 2 is 1.79 bits per heavy atom. The van der Waals surface area contributed by atoms with Gasteiger partial charge in [0.05, 0.1) is 0 Å². The predicted octanol–water partition coefficient (Wildman–Crippen LogP) is 3.25. The maximum Gasteiger partial charge on any atom is 0.290 e. The van der Waals surface area contributed by atoms with Gasteiger partial charge in [0.25, 0.3) is 5.56 Å². The molecule has 0 amide bonds. The van der Waals surface area contributed by atoms with E-state index in [0.29, 0.717) is 12.4 Å². The van der Waals surface area contributed by atoms with E-state index in [2.05, 4.69) is 37.9 Å². The van der Waals surface area contributed by atoms with E-state index in [1.807, 2.05) is 12.1 Å². The van der Waals surface area contributed by atoms with Crippen molar-refractivity contribution in [2.75, 3.05) is 0 Å². The van der Waals surface area contributed by atoms with Crippen LogP contribution in [0.15, 0.2) is 47.4 Å². The van der Waals surface area contributed by atoms with Crippen molar-refractivity contribution < 1.29 is 4.74 Å². The summed E-state index contributed by atoms with van der Waals surface area (Å²) in [6, 6.07) is 11.7. The Labute approximate surface area is 113 Å². The summed E-state index contributed by atoms with van der Waals surface area (Å²) in [5.74, 6) is 0.349. The molecule has 0 aliphatic rings. The quantitative estimate of drug-likeness (QED) is 0.917. The number of benzene rings is 1. The molecule has 1 aromatic heterocycles. The molecule has 0 radical (unpaired) electrons. The second-order valence-corrected chi connectivity index (χ2v) is 5.60. The van der Waals surface area contributed by atoms with Crippen LogP contribution in [0.25, 0.3) is 0 Å². The summed E-state index contributed by atoms with van der Waals surface area (Å²) in [4.78, 5) is 14.0. The maximum absolute atomic E-state index is 11.4. The monoisotopic (exact) mass is 257 g/mol. The summed E-state index contributed by atoms with van der Waals surface area (Å²) in [5, 5.41) is 0. The Morgan fingerprint density at radius 3 is 2.37 bits per heavy atom. The fraction of sp³-hybridized carbons (Fsp3) is 0.312. The van der Waals surface area contributed by atoms with Crippen molar-refractivity contribution in [1.29, 1.82) is 0 Å². The van der Waals surface area contributed by atoms with E-state index in [1.54, 1.807) is 18.3 Å². The summed E-state index contributed by atoms with van der Waals surface area (Å²) < 4.78 is 5.50. The van der Waals surface area contributed by atoms with Crippen molar-refractivity contribution in [1.82, 2.24) is 4.98 Å². The molecule has 0 atom stereocenters. The lowest BCUT2D eigenvalue weighted by molar-refractivity contribution is 0.301. The minimum Gasteiger partial charge on any atom is -0.483 e. The van der Waals surface area contributed by atoms with E-state index in [-0.39, 0.29) is 11.0 Å². The molecule has 0 unspecified atom stereocenters. The van der Waals surface area contributed by atoms with Gasteiger partial charge in [-0.3, -0.25) is 4.79 Å². The van der Waals surface area contributed by atoms with Gasteiger partial charge in [0.2, 0.25) is 0 Å². The van der Waals surface area contributed by atoms with E-state index in [9.17, 15) is 4.79 Å². The summed E-state index contributed by atoms with van der Waals surface area (Å²) in [7, 11) is 0. The lowest BCUT2D eigenvalue weighted by atomic mass is 9.87. The number of aromatic nitrogens is 1. The molecule has 0 aliphatic heterocycles. The first-order valence-corrected chi connectivity index (χ1v) is 6.37. The standard InChI is InChI=1S/C16H19NO2/c1-16(2,3)13-8-6-12(7-9-13)11-19-14-5-4-10-17-15(14)18/h4-10H,11H2,1-3H3,(H,17,18). The molecule has 0 saturated carbocycles. The minimum absolute atomic E-state index is 0.149. The molecule has 0 bridgehead atoms. The number of ether oxygens (including phenoxy) is 1. The molecule has 0 saturated heterocycles. The highest BCUT2D eigenvalue weighted by Gasteiger charge is 2.12. The molecule has 19 heavy (non-hydrogen) atoms. The fourth-order valence-corrected chi connectivity index (χ4v) is 1.78. The van der Waals surface area contributed by atoms with Crippen molar-refractivity contribution in [2.24, 2.45) is 0 Å². The Balaban J connectivity index is 2.05. The smallest absolute Gasteiger partial charge is 0.290 e. The van der Waals surface area contributed by atoms with E-state index >= 15 is 0 Å². The number of H-pyrrole nitrogens is 1. The summed E-state index contributed by atoms with van der Waals surface area (Å²) in [5.41, 5.74) is 2.29. The Hall–Kier alpha value is -2.03. The van der Waals surface area contributed by atoms with Crippen LogP contribution in [0.5, 0.6) is 5.75 Å². The normalized spacial score (nSPS) is 11.3. The first kappa shape index (κ1) is 13.4. The molecule has 1 heterocycles. The van der Waals surface area contributed by atoms with Gasteiger partial charge in [-0.2, -0.15) is 0 Å². The SMILES string of the molecule is CC(C)(C)c1ccc(COc2ccc[nH]c2=O)cc1. The number of hydrogen-bond acceptors (Lipinski definition) is 2. The van der Waals surface area contributed by atoms with Crippen LogP contribution >= 0.6 is 0 Å². The molecule has 2 aromatic rings. The highest BCUT2D eigenvalue weighted by Crippen LogP contribution is 2.22. The van der Waals surface area contributed by atoms with Gasteiger partial charge in [0.15, 0.2) is 5.75 Å². The Morgan fingerprint density at radius 1 is 1.11 bits per heavy atom. The summed E-state index contributed by atoms with van der Waals surface area (Å²) in [6.45, 7) is 6.95. The molecule has 1 aromatic carbocycles. The lowest BCUT2D eigenvalue weighted by Crippen LogP contribution is -2.12. The van der Waals surface area contributed by atoms with Crippen molar-refractivity contribution in [3.8, 4) is 5.75 Å². The number of hydrogen-bond donors (Lipinski definition) is 1. The highest BCUT2D eigenvalue weighted by molar-refractivity contribution is 5.27. The third-order valence-electron chi connectivity index (χ3n) is 3.00. The summed E-state index contributed by atoms with van der Waals surface area (Å²) in [6.07, 6.45) is 1.59. The van der Waals surface area contributed by atoms with Crippen LogP contribution in [0.2, 0.25) is 0 Å². The zero-order valence-corrected chi connectivity index (χ0v) is 11.6. The third kappa shape index (κ3) is 3.47. The van der Waals surface area contributed by atoms with E-state index < -0.39 is 0 Å². The molecule has 3 nitrogen and oxygen atoms in total. The van der Waals surface area contributed by atoms with E-state index in [1.165, 1.54) is 5.56 Å². The molecular weight excluding hydrogens is 238 g/mol. The maximum atomic E-state index is 11.4. The van der Waals surface area contributed by atoms with E-state index in [4.69, 9.17) is 4.74 Å². The topological polar surface area (TPSA) is 42.1 Å². The molecule has 3 heteroatoms. The van der Waals surface area contributed by atoms with Crippen LogP contribution in [-0.4, -0.2) is 4.98 Å². The second-order valence-electron chi connectivity index (χ2n) is 5.60. The van der Waals surface area contributed by atoms with Crippen LogP contribution in [0.1, 0.15) is 31.9 Å². The van der Waals surface area contributed by atoms with Gasteiger partial charge in [-0.25, -0.2) is 0 Å². The van der Waals surface area contributed by atoms with Crippen LogP contribution in [-0.2, 0) is 12.0 Å². The Kier molecular flexibility index (Phi) is 3.74. The highest BCUT2D eigenvalue weighted by atomic mass is 16.5. The van der Waals surface area contributed by atoms with Crippen LogP contribution in [0, 0.1) is 0 Å². The molecular formula is C16H19NO2. The van der Waals surface area contributed by atoms with Crippen molar-refractivity contribution >= 4 is 0 Å². The number of aromatic amines is 1. The molecule has 0 spiro atoms. The van der Waals surface area contributed by atoms with Crippen molar-refractivity contribution in [3.05, 3.63) is 64.1 Å². The second kappa shape index (κ2) is 5.31. The number of pyridine rings is 1. The van der Waals surface area contributed by atoms with Crippen molar-refractivity contribution in [3.63, 3.8) is 0 Å². The fourth-order valence-electron chi connectivity index (χ4n) is 1.78. The molecule has 100 valence electrons. The zero-order chi connectivity index (χ0) is 13.9. The van der Waals surface area contributed by atoms with Gasteiger partial charge >= 0.3 is 0 Å². The predicted molar refractivity (Wildman–Crippen MR) is 76.5 cm³/mol. The zero-order valence-electron chi connectivity index (χ0n) is 11.6. The van der Waals surface area contributed by atoms with Crippen molar-refractivity contribution in [2.45, 2.75) is 32.8 Å². The number of rotatable bonds is 3. The third-order valence-corrected chi connectivity index (χ3v) is 3.00. The molecule has 0 aliphatic carbocycles. The largest absolute Gasteiger partial charge is 0.483 e. The van der Waals surface area contributed by atoms with Gasteiger partial charge in [-0.15, -0.1) is 0 Å². The first-order valence-electron chi connectivity index (χ1n) is 6.37. The van der Waals surface area contributed by atoms with Gasteiger partial charge in [0, 0.05) is 6.20 Å². The van der Waals surface area contributed by atoms with Crippen LogP contribution in [0.3, 0.4) is 0 Å². The minimum atomic E-state index is -0.200. The average molecular weight is 257 g/mol. The van der Waals surface area contributed by atoms with Gasteiger partial charge in [0.1, 0.15) is 6.61 Å². The molecule has 2 rings (SSSR count). The molecule has 1 N–H and O–H groups in total. The Bertz CT molecular complexity index is 591. The lowest BCUT2D eigenvalue weighted by Gasteiger charge is -2.19. The van der Waals surface area contributed by atoms with Gasteiger partial charge in [-0.1, -0.05) is 45.0 Å². The first-order chi connectivity index (χ1) is 8.97. The average Bonchev–Trinajstić information content (AvgIpc) is 2.37. The molecule has 0 fully saturated rings. The van der Waals surface area contributed by atoms with Crippen LogP contribution in [0.4, 0.5) is 0 Å². The van der Waals surface area contributed by atoms with Gasteiger partial charge in [-0.05, 0) is 28.7 Å². The van der Waals surface area contributed by atoms with Crippen LogP contribution < -0.4 is 10.3 Å².